The lowest BCUT2D eigenvalue weighted by atomic mass is 10.0. The number of carbonyl (C=O) groups is 3. The van der Waals surface area contributed by atoms with Crippen LogP contribution in [0, 0.1) is 0 Å². The molecule has 28 heavy (non-hydrogen) atoms. The van der Waals surface area contributed by atoms with Crippen molar-refractivity contribution < 1.29 is 14.4 Å². The lowest BCUT2D eigenvalue weighted by Crippen LogP contribution is -2.47. The lowest BCUT2D eigenvalue weighted by molar-refractivity contribution is -0.123. The van der Waals surface area contributed by atoms with E-state index in [1.165, 1.54) is 6.92 Å². The fraction of sp³-hybridized carbons (Fsp3) is 0.409. The topological polar surface area (TPSA) is 87.3 Å². The Morgan fingerprint density at radius 1 is 1.04 bits per heavy atom. The molecule has 1 unspecified atom stereocenters. The maximum Gasteiger partial charge on any atom is 0.252 e. The van der Waals surface area contributed by atoms with E-state index in [-0.39, 0.29) is 23.8 Å². The van der Waals surface area contributed by atoms with Crippen LogP contribution < -0.4 is 16.0 Å². The van der Waals surface area contributed by atoms with Crippen LogP contribution in [0.1, 0.15) is 49.4 Å². The second-order valence-electron chi connectivity index (χ2n) is 7.31. The summed E-state index contributed by atoms with van der Waals surface area (Å²) in [6.45, 7) is 2.06. The van der Waals surface area contributed by atoms with E-state index in [0.29, 0.717) is 18.5 Å². The van der Waals surface area contributed by atoms with Gasteiger partial charge in [0, 0.05) is 25.1 Å². The molecule has 0 saturated heterocycles. The highest BCUT2D eigenvalue weighted by Gasteiger charge is 2.28. The third kappa shape index (κ3) is 5.55. The van der Waals surface area contributed by atoms with Crippen molar-refractivity contribution >= 4 is 28.5 Å². The Bertz CT molecular complexity index is 856. The first-order valence-corrected chi connectivity index (χ1v) is 9.88. The first-order chi connectivity index (χ1) is 13.5. The van der Waals surface area contributed by atoms with Crippen molar-refractivity contribution in [1.82, 2.24) is 16.0 Å². The van der Waals surface area contributed by atoms with Gasteiger partial charge < -0.3 is 16.0 Å². The van der Waals surface area contributed by atoms with Crippen LogP contribution in [0.15, 0.2) is 42.5 Å². The van der Waals surface area contributed by atoms with E-state index in [0.717, 1.165) is 36.5 Å². The third-order valence-electron chi connectivity index (χ3n) is 4.87. The minimum atomic E-state index is -0.579. The van der Waals surface area contributed by atoms with Crippen LogP contribution in [0.25, 0.3) is 10.8 Å². The smallest absolute Gasteiger partial charge is 0.252 e. The van der Waals surface area contributed by atoms with E-state index < -0.39 is 6.04 Å². The highest BCUT2D eigenvalue weighted by Crippen LogP contribution is 2.20. The summed E-state index contributed by atoms with van der Waals surface area (Å²) in [6.07, 6.45) is 4.03. The number of fused-ring (bicyclic) bond motifs is 1. The quantitative estimate of drug-likeness (QED) is 0.583. The monoisotopic (exact) mass is 381 g/mol. The van der Waals surface area contributed by atoms with Gasteiger partial charge in [-0.25, -0.2) is 0 Å². The number of amides is 3. The Labute approximate surface area is 165 Å². The van der Waals surface area contributed by atoms with Gasteiger partial charge in [0.2, 0.25) is 11.8 Å². The Morgan fingerprint density at radius 3 is 2.54 bits per heavy atom. The molecule has 1 saturated carbocycles. The second-order valence-corrected chi connectivity index (χ2v) is 7.31. The summed E-state index contributed by atoms with van der Waals surface area (Å²) in [5.74, 6) is -0.433. The van der Waals surface area contributed by atoms with Crippen molar-refractivity contribution in [2.24, 2.45) is 0 Å². The number of benzene rings is 2. The van der Waals surface area contributed by atoms with Crippen LogP contribution in [-0.2, 0) is 9.59 Å². The van der Waals surface area contributed by atoms with Gasteiger partial charge in [0.05, 0.1) is 0 Å². The molecule has 6 nitrogen and oxygen atoms in total. The molecular formula is C22H27N3O3. The molecule has 148 valence electrons. The van der Waals surface area contributed by atoms with Crippen LogP contribution in [-0.4, -0.2) is 36.3 Å². The zero-order valence-corrected chi connectivity index (χ0v) is 16.2. The van der Waals surface area contributed by atoms with E-state index >= 15 is 0 Å². The van der Waals surface area contributed by atoms with Gasteiger partial charge in [0.15, 0.2) is 0 Å². The van der Waals surface area contributed by atoms with Crippen molar-refractivity contribution in [3.8, 4) is 0 Å². The number of nitrogens with one attached hydrogen (secondary N) is 3. The lowest BCUT2D eigenvalue weighted by Gasteiger charge is -2.19. The van der Waals surface area contributed by atoms with Gasteiger partial charge >= 0.3 is 0 Å². The van der Waals surface area contributed by atoms with Crippen molar-refractivity contribution in [3.05, 3.63) is 48.0 Å². The molecule has 1 aliphatic rings. The van der Waals surface area contributed by atoms with Crippen molar-refractivity contribution in [1.29, 1.82) is 0 Å². The van der Waals surface area contributed by atoms with Gasteiger partial charge in [-0.05, 0) is 48.9 Å². The Morgan fingerprint density at radius 2 is 1.79 bits per heavy atom. The maximum atomic E-state index is 12.9. The molecule has 3 rings (SSSR count). The fourth-order valence-corrected chi connectivity index (χ4v) is 3.20. The summed E-state index contributed by atoms with van der Waals surface area (Å²) in [5.41, 5.74) is 0.570. The summed E-state index contributed by atoms with van der Waals surface area (Å²) in [6, 6.07) is 13.0. The third-order valence-corrected chi connectivity index (χ3v) is 4.87. The first kappa shape index (κ1) is 19.9. The van der Waals surface area contributed by atoms with Gasteiger partial charge in [-0.1, -0.05) is 36.4 Å². The fourth-order valence-electron chi connectivity index (χ4n) is 3.20. The van der Waals surface area contributed by atoms with E-state index in [1.54, 1.807) is 6.07 Å². The number of hydrogen-bond acceptors (Lipinski definition) is 3. The van der Waals surface area contributed by atoms with E-state index in [9.17, 15) is 14.4 Å². The largest absolute Gasteiger partial charge is 0.356 e. The van der Waals surface area contributed by atoms with Crippen molar-refractivity contribution in [2.75, 3.05) is 6.54 Å². The number of unbranched alkanes of at least 4 members (excludes halogenated alkanes) is 1. The predicted molar refractivity (Wildman–Crippen MR) is 109 cm³/mol. The highest BCUT2D eigenvalue weighted by molar-refractivity contribution is 6.08. The van der Waals surface area contributed by atoms with Crippen LogP contribution >= 0.6 is 0 Å². The first-order valence-electron chi connectivity index (χ1n) is 9.88. The van der Waals surface area contributed by atoms with Crippen LogP contribution in [0.2, 0.25) is 0 Å². The molecule has 2 aromatic rings. The van der Waals surface area contributed by atoms with E-state index in [1.807, 2.05) is 36.4 Å². The average Bonchev–Trinajstić information content (AvgIpc) is 3.49. The number of carbonyl (C=O) groups excluding carboxylic acids is 3. The molecule has 2 aromatic carbocycles. The molecule has 6 heteroatoms. The Kier molecular flexibility index (Phi) is 6.63. The van der Waals surface area contributed by atoms with Gasteiger partial charge in [-0.3, -0.25) is 14.4 Å². The summed E-state index contributed by atoms with van der Waals surface area (Å²) < 4.78 is 0. The zero-order chi connectivity index (χ0) is 19.9. The summed E-state index contributed by atoms with van der Waals surface area (Å²) in [4.78, 5) is 36.5. The molecular weight excluding hydrogens is 354 g/mol. The Balaban J connectivity index is 1.65. The van der Waals surface area contributed by atoms with Crippen molar-refractivity contribution in [3.63, 3.8) is 0 Å². The van der Waals surface area contributed by atoms with Gasteiger partial charge in [-0.15, -0.1) is 0 Å². The molecule has 0 aromatic heterocycles. The molecule has 1 atom stereocenters. The molecule has 0 aliphatic heterocycles. The minimum Gasteiger partial charge on any atom is -0.356 e. The molecule has 3 N–H and O–H groups in total. The van der Waals surface area contributed by atoms with Gasteiger partial charge in [0.1, 0.15) is 6.04 Å². The number of rotatable bonds is 9. The molecule has 0 radical (unpaired) electrons. The SMILES string of the molecule is CC(=O)NCCCCC(NC(=O)c1cccc2ccccc12)C(=O)NC1CC1. The molecule has 1 fully saturated rings. The summed E-state index contributed by atoms with van der Waals surface area (Å²) >= 11 is 0. The molecule has 0 bridgehead atoms. The second kappa shape index (κ2) is 9.35. The Hall–Kier alpha value is -2.89. The van der Waals surface area contributed by atoms with E-state index in [2.05, 4.69) is 16.0 Å². The van der Waals surface area contributed by atoms with Crippen molar-refractivity contribution in [2.45, 2.75) is 51.1 Å². The van der Waals surface area contributed by atoms with Crippen LogP contribution in [0.4, 0.5) is 0 Å². The normalized spacial score (nSPS) is 14.3. The minimum absolute atomic E-state index is 0.0627. The molecule has 0 spiro atoms. The highest BCUT2D eigenvalue weighted by atomic mass is 16.2. The number of hydrogen-bond donors (Lipinski definition) is 3. The molecule has 3 amide bonds. The van der Waals surface area contributed by atoms with Crippen LogP contribution in [0.3, 0.4) is 0 Å². The van der Waals surface area contributed by atoms with Gasteiger partial charge in [0.25, 0.3) is 5.91 Å². The zero-order valence-electron chi connectivity index (χ0n) is 16.2. The summed E-state index contributed by atoms with van der Waals surface area (Å²) in [7, 11) is 0. The van der Waals surface area contributed by atoms with E-state index in [4.69, 9.17) is 0 Å². The standard InChI is InChI=1S/C22H27N3O3/c1-15(26)23-14-5-4-11-20(22(28)24-17-12-13-17)25-21(27)19-10-6-8-16-7-2-3-9-18(16)19/h2-3,6-10,17,20H,4-5,11-14H2,1H3,(H,23,26)(H,24,28)(H,25,27). The van der Waals surface area contributed by atoms with Crippen LogP contribution in [0.5, 0.6) is 0 Å². The predicted octanol–water partition coefficient (Wildman–Crippen LogP) is 2.52. The summed E-state index contributed by atoms with van der Waals surface area (Å²) in [5, 5.41) is 10.5. The van der Waals surface area contributed by atoms with Gasteiger partial charge in [-0.2, -0.15) is 0 Å². The molecule has 1 aliphatic carbocycles. The average molecular weight is 381 g/mol. The maximum absolute atomic E-state index is 12.9. The molecule has 0 heterocycles.